The second kappa shape index (κ2) is 5.34. The van der Waals surface area contributed by atoms with Crippen LogP contribution in [-0.4, -0.2) is 10.9 Å². The van der Waals surface area contributed by atoms with Gasteiger partial charge in [-0.2, -0.15) is 0 Å². The van der Waals surface area contributed by atoms with E-state index in [0.717, 1.165) is 0 Å². The van der Waals surface area contributed by atoms with Gasteiger partial charge in [-0.1, -0.05) is 18.2 Å². The molecule has 19 heavy (non-hydrogen) atoms. The van der Waals surface area contributed by atoms with Crippen molar-refractivity contribution in [2.45, 2.75) is 6.54 Å². The molecule has 0 bridgehead atoms. The van der Waals surface area contributed by atoms with E-state index in [1.165, 1.54) is 18.2 Å². The third-order valence-corrected chi connectivity index (χ3v) is 2.58. The minimum Gasteiger partial charge on any atom is -0.396 e. The Kier molecular flexibility index (Phi) is 3.61. The van der Waals surface area contributed by atoms with E-state index >= 15 is 0 Å². The molecule has 6 heteroatoms. The summed E-state index contributed by atoms with van der Waals surface area (Å²) in [6.45, 7) is 0.214. The third-order valence-electron chi connectivity index (χ3n) is 2.58. The summed E-state index contributed by atoms with van der Waals surface area (Å²) in [5, 5.41) is 2.88. The van der Waals surface area contributed by atoms with Gasteiger partial charge in [0.1, 0.15) is 17.3 Å². The van der Waals surface area contributed by atoms with E-state index in [1.807, 2.05) is 0 Å². The molecule has 1 aromatic carbocycles. The minimum atomic E-state index is -0.644. The average Bonchev–Trinajstić information content (AvgIpc) is 2.39. The highest BCUT2D eigenvalue weighted by Crippen LogP contribution is 2.17. The second-order valence-corrected chi connectivity index (χ2v) is 3.94. The maximum atomic E-state index is 13.4. The van der Waals surface area contributed by atoms with Crippen molar-refractivity contribution in [2.75, 3.05) is 11.1 Å². The van der Waals surface area contributed by atoms with Crippen molar-refractivity contribution < 1.29 is 9.18 Å². The Morgan fingerprint density at radius 2 is 2.00 bits per heavy atom. The standard InChI is InChI=1S/C13H13FN4O/c14-9-4-2-1-3-8(9)7-17-13-10(15)5-6-11(18-13)12(16)19/h1-6H,7,15H2,(H2,16,19)(H,17,18). The number of hydrogen-bond donors (Lipinski definition) is 3. The lowest BCUT2D eigenvalue weighted by Crippen LogP contribution is -2.15. The molecule has 1 aromatic heterocycles. The SMILES string of the molecule is NC(=O)c1ccc(N)c(NCc2ccccc2F)n1. The molecule has 0 fully saturated rings. The molecule has 0 atom stereocenters. The first-order valence-corrected chi connectivity index (χ1v) is 5.61. The summed E-state index contributed by atoms with van der Waals surface area (Å²) < 4.78 is 13.4. The van der Waals surface area contributed by atoms with Crippen LogP contribution in [0.3, 0.4) is 0 Å². The van der Waals surface area contributed by atoms with Crippen LogP contribution < -0.4 is 16.8 Å². The highest BCUT2D eigenvalue weighted by molar-refractivity contribution is 5.91. The van der Waals surface area contributed by atoms with Crippen LogP contribution in [0, 0.1) is 5.82 Å². The number of pyridine rings is 1. The van der Waals surface area contributed by atoms with E-state index in [2.05, 4.69) is 10.3 Å². The number of nitrogen functional groups attached to an aromatic ring is 1. The third kappa shape index (κ3) is 2.98. The monoisotopic (exact) mass is 260 g/mol. The van der Waals surface area contributed by atoms with Crippen molar-refractivity contribution >= 4 is 17.4 Å². The summed E-state index contributed by atoms with van der Waals surface area (Å²) in [5.41, 5.74) is 11.8. The lowest BCUT2D eigenvalue weighted by Gasteiger charge is -2.09. The molecule has 0 radical (unpaired) electrons. The highest BCUT2D eigenvalue weighted by Gasteiger charge is 2.08. The predicted octanol–water partition coefficient (Wildman–Crippen LogP) is 1.51. The largest absolute Gasteiger partial charge is 0.396 e. The molecule has 0 aliphatic carbocycles. The molecular weight excluding hydrogens is 247 g/mol. The van der Waals surface area contributed by atoms with Crippen LogP contribution in [0.25, 0.3) is 0 Å². The van der Waals surface area contributed by atoms with Gasteiger partial charge in [0.05, 0.1) is 5.69 Å². The van der Waals surface area contributed by atoms with Crippen molar-refractivity contribution in [3.8, 4) is 0 Å². The van der Waals surface area contributed by atoms with E-state index < -0.39 is 5.91 Å². The van der Waals surface area contributed by atoms with Crippen molar-refractivity contribution in [3.63, 3.8) is 0 Å². The quantitative estimate of drug-likeness (QED) is 0.776. The number of nitrogens with two attached hydrogens (primary N) is 2. The van der Waals surface area contributed by atoms with Crippen molar-refractivity contribution in [2.24, 2.45) is 5.73 Å². The normalized spacial score (nSPS) is 10.2. The molecule has 0 aliphatic rings. The predicted molar refractivity (Wildman–Crippen MR) is 70.9 cm³/mol. The van der Waals surface area contributed by atoms with Gasteiger partial charge in [-0.05, 0) is 18.2 Å². The van der Waals surface area contributed by atoms with Crippen molar-refractivity contribution in [1.82, 2.24) is 4.98 Å². The Hall–Kier alpha value is -2.63. The minimum absolute atomic E-state index is 0.102. The van der Waals surface area contributed by atoms with Crippen LogP contribution in [0.5, 0.6) is 0 Å². The average molecular weight is 260 g/mol. The zero-order chi connectivity index (χ0) is 13.8. The smallest absolute Gasteiger partial charge is 0.267 e. The molecule has 5 N–H and O–H groups in total. The van der Waals surface area contributed by atoms with E-state index in [9.17, 15) is 9.18 Å². The first kappa shape index (κ1) is 12.8. The number of nitrogens with zero attached hydrogens (tertiary/aromatic N) is 1. The Morgan fingerprint density at radius 3 is 2.68 bits per heavy atom. The van der Waals surface area contributed by atoms with E-state index in [-0.39, 0.29) is 18.1 Å². The second-order valence-electron chi connectivity index (χ2n) is 3.94. The lowest BCUT2D eigenvalue weighted by molar-refractivity contribution is 0.0996. The molecule has 0 spiro atoms. The van der Waals surface area contributed by atoms with Gasteiger partial charge in [0.25, 0.3) is 5.91 Å². The van der Waals surface area contributed by atoms with Crippen LogP contribution in [0.15, 0.2) is 36.4 Å². The number of benzene rings is 1. The Balaban J connectivity index is 2.17. The lowest BCUT2D eigenvalue weighted by atomic mass is 10.2. The maximum absolute atomic E-state index is 13.4. The first-order chi connectivity index (χ1) is 9.08. The topological polar surface area (TPSA) is 94.0 Å². The van der Waals surface area contributed by atoms with Crippen LogP contribution in [0.2, 0.25) is 0 Å². The van der Waals surface area contributed by atoms with Crippen molar-refractivity contribution in [3.05, 3.63) is 53.5 Å². The van der Waals surface area contributed by atoms with Crippen LogP contribution in [-0.2, 0) is 6.54 Å². The highest BCUT2D eigenvalue weighted by atomic mass is 19.1. The van der Waals surface area contributed by atoms with E-state index in [1.54, 1.807) is 18.2 Å². The number of primary amides is 1. The van der Waals surface area contributed by atoms with E-state index in [0.29, 0.717) is 17.1 Å². The molecule has 2 rings (SSSR count). The van der Waals surface area contributed by atoms with Gasteiger partial charge in [-0.15, -0.1) is 0 Å². The molecule has 0 saturated carbocycles. The zero-order valence-corrected chi connectivity index (χ0v) is 10.1. The summed E-state index contributed by atoms with van der Waals surface area (Å²) in [4.78, 5) is 15.0. The van der Waals surface area contributed by atoms with Gasteiger partial charge in [0, 0.05) is 12.1 Å². The Bertz CT molecular complexity index is 615. The number of anilines is 2. The van der Waals surface area contributed by atoms with Crippen LogP contribution >= 0.6 is 0 Å². The fourth-order valence-corrected chi connectivity index (χ4v) is 1.57. The number of nitrogens with one attached hydrogen (secondary N) is 1. The molecule has 2 aromatic rings. The van der Waals surface area contributed by atoms with Gasteiger partial charge in [-0.25, -0.2) is 9.37 Å². The van der Waals surface area contributed by atoms with E-state index in [4.69, 9.17) is 11.5 Å². The number of carbonyl (C=O) groups excluding carboxylic acids is 1. The summed E-state index contributed by atoms with van der Waals surface area (Å²) in [5.74, 6) is -0.659. The number of amides is 1. The van der Waals surface area contributed by atoms with Gasteiger partial charge >= 0.3 is 0 Å². The number of carbonyl (C=O) groups is 1. The molecule has 0 aliphatic heterocycles. The molecule has 0 unspecified atom stereocenters. The number of rotatable bonds is 4. The van der Waals surface area contributed by atoms with Crippen molar-refractivity contribution in [1.29, 1.82) is 0 Å². The molecule has 0 saturated heterocycles. The first-order valence-electron chi connectivity index (χ1n) is 5.61. The fraction of sp³-hybridized carbons (Fsp3) is 0.0769. The Labute approximate surface area is 109 Å². The Morgan fingerprint density at radius 1 is 1.26 bits per heavy atom. The molecular formula is C13H13FN4O. The maximum Gasteiger partial charge on any atom is 0.267 e. The molecule has 1 heterocycles. The fourth-order valence-electron chi connectivity index (χ4n) is 1.57. The van der Waals surface area contributed by atoms with Crippen LogP contribution in [0.1, 0.15) is 16.1 Å². The summed E-state index contributed by atoms with van der Waals surface area (Å²) in [6.07, 6.45) is 0. The van der Waals surface area contributed by atoms with Gasteiger partial charge in [0.15, 0.2) is 0 Å². The molecule has 5 nitrogen and oxygen atoms in total. The number of halogens is 1. The summed E-state index contributed by atoms with van der Waals surface area (Å²) in [6, 6.07) is 9.32. The summed E-state index contributed by atoms with van der Waals surface area (Å²) in [7, 11) is 0. The van der Waals surface area contributed by atoms with Gasteiger partial charge < -0.3 is 16.8 Å². The molecule has 98 valence electrons. The summed E-state index contributed by atoms with van der Waals surface area (Å²) >= 11 is 0. The van der Waals surface area contributed by atoms with Crippen LogP contribution in [0.4, 0.5) is 15.9 Å². The molecule has 1 amide bonds. The number of hydrogen-bond acceptors (Lipinski definition) is 4. The van der Waals surface area contributed by atoms with Gasteiger partial charge in [0.2, 0.25) is 0 Å². The zero-order valence-electron chi connectivity index (χ0n) is 10.1. The van der Waals surface area contributed by atoms with Gasteiger partial charge in [-0.3, -0.25) is 4.79 Å². The number of aromatic nitrogens is 1.